The Morgan fingerprint density at radius 1 is 0.378 bits per heavy atom. The third-order valence-corrected chi connectivity index (χ3v) is 7.09. The molecule has 214 valence electrons. The van der Waals surface area contributed by atoms with Crippen molar-refractivity contribution in [3.63, 3.8) is 0 Å². The highest BCUT2D eigenvalue weighted by Gasteiger charge is 2.01. The van der Waals surface area contributed by atoms with E-state index in [0.29, 0.717) is 5.78 Å². The van der Waals surface area contributed by atoms with E-state index in [0.717, 1.165) is 57.8 Å². The van der Waals surface area contributed by atoms with Crippen LogP contribution in [0.5, 0.6) is 0 Å². The van der Waals surface area contributed by atoms with E-state index in [1.54, 1.807) is 0 Å². The van der Waals surface area contributed by atoms with Crippen molar-refractivity contribution in [2.45, 2.75) is 174 Å². The van der Waals surface area contributed by atoms with Gasteiger partial charge in [0.2, 0.25) is 0 Å². The lowest BCUT2D eigenvalue weighted by molar-refractivity contribution is -0.119. The molecule has 0 aromatic carbocycles. The first-order chi connectivity index (χ1) is 18.3. The molecular weight excluding hydrogens is 448 g/mol. The first kappa shape index (κ1) is 35.6. The fraction of sp³-hybridized carbons (Fsp3) is 0.750. The molecule has 0 atom stereocenters. The van der Waals surface area contributed by atoms with E-state index in [1.165, 1.54) is 103 Å². The lowest BCUT2D eigenvalue weighted by Crippen LogP contribution is -1.97. The van der Waals surface area contributed by atoms with Crippen molar-refractivity contribution in [3.8, 4) is 0 Å². The van der Waals surface area contributed by atoms with Gasteiger partial charge in [0.05, 0.1) is 0 Å². The molecule has 0 aliphatic heterocycles. The summed E-state index contributed by atoms with van der Waals surface area (Å²) in [5.74, 6) is 0.482. The van der Waals surface area contributed by atoms with Gasteiger partial charge in [-0.3, -0.25) is 4.79 Å². The number of rotatable bonds is 29. The van der Waals surface area contributed by atoms with Crippen LogP contribution in [0, 0.1) is 0 Å². The zero-order valence-electron chi connectivity index (χ0n) is 25.2. The van der Waals surface area contributed by atoms with Crippen molar-refractivity contribution in [1.29, 1.82) is 0 Å². The number of carbonyl (C=O) groups excluding carboxylic acids is 1. The van der Waals surface area contributed by atoms with Crippen molar-refractivity contribution in [1.82, 2.24) is 0 Å². The summed E-state index contributed by atoms with van der Waals surface area (Å²) in [7, 11) is 0. The van der Waals surface area contributed by atoms with Crippen molar-refractivity contribution in [2.24, 2.45) is 0 Å². The second-order valence-corrected chi connectivity index (χ2v) is 10.9. The second kappa shape index (κ2) is 32.7. The van der Waals surface area contributed by atoms with E-state index in [9.17, 15) is 4.79 Å². The van der Waals surface area contributed by atoms with Gasteiger partial charge in [-0.05, 0) is 57.8 Å². The average Bonchev–Trinajstić information content (AvgIpc) is 2.90. The minimum Gasteiger partial charge on any atom is -0.300 e. The molecule has 0 aromatic heterocycles. The van der Waals surface area contributed by atoms with Crippen LogP contribution in [-0.2, 0) is 4.79 Å². The van der Waals surface area contributed by atoms with Crippen molar-refractivity contribution in [2.75, 3.05) is 0 Å². The van der Waals surface area contributed by atoms with Crippen LogP contribution < -0.4 is 0 Å². The molecule has 0 saturated carbocycles. The molecule has 0 rings (SSSR count). The van der Waals surface area contributed by atoms with Gasteiger partial charge in [-0.15, -0.1) is 0 Å². The van der Waals surface area contributed by atoms with Crippen LogP contribution in [0.2, 0.25) is 0 Å². The normalized spacial score (nSPS) is 12.3. The van der Waals surface area contributed by atoms with E-state index in [4.69, 9.17) is 0 Å². The van der Waals surface area contributed by atoms with Crippen LogP contribution in [0.1, 0.15) is 174 Å². The summed E-state index contributed by atoms with van der Waals surface area (Å²) in [4.78, 5) is 12.1. The van der Waals surface area contributed by atoms with Gasteiger partial charge < -0.3 is 0 Å². The summed E-state index contributed by atoms with van der Waals surface area (Å²) in [5, 5.41) is 0. The van der Waals surface area contributed by atoms with E-state index >= 15 is 0 Å². The Bertz CT molecular complexity index is 565. The third kappa shape index (κ3) is 32.6. The molecule has 0 amide bonds. The quantitative estimate of drug-likeness (QED) is 0.0719. The molecule has 0 saturated heterocycles. The van der Waals surface area contributed by atoms with Crippen LogP contribution in [0.15, 0.2) is 48.6 Å². The van der Waals surface area contributed by atoms with Crippen molar-refractivity contribution >= 4 is 5.78 Å². The van der Waals surface area contributed by atoms with Gasteiger partial charge in [0.1, 0.15) is 5.78 Å². The number of hydrogen-bond donors (Lipinski definition) is 0. The maximum Gasteiger partial charge on any atom is 0.132 e. The van der Waals surface area contributed by atoms with Crippen LogP contribution >= 0.6 is 0 Å². The molecule has 1 nitrogen and oxygen atoms in total. The predicted molar refractivity (Wildman–Crippen MR) is 168 cm³/mol. The number of Topliss-reactive ketones (excluding diaryl/α,β-unsaturated/α-hetero) is 1. The van der Waals surface area contributed by atoms with Gasteiger partial charge >= 0.3 is 0 Å². The Morgan fingerprint density at radius 2 is 0.676 bits per heavy atom. The maximum absolute atomic E-state index is 12.1. The average molecular weight is 513 g/mol. The monoisotopic (exact) mass is 512 g/mol. The van der Waals surface area contributed by atoms with Crippen LogP contribution in [0.25, 0.3) is 0 Å². The predicted octanol–water partition coefficient (Wildman–Crippen LogP) is 12.6. The molecule has 0 radical (unpaired) electrons. The molecule has 0 aromatic rings. The van der Waals surface area contributed by atoms with Gasteiger partial charge in [-0.1, -0.05) is 152 Å². The number of allylic oxidation sites excluding steroid dienone is 8. The van der Waals surface area contributed by atoms with Crippen LogP contribution in [0.4, 0.5) is 0 Å². The number of hydrogen-bond acceptors (Lipinski definition) is 1. The standard InChI is InChI=1S/C36H64O/c1-3-5-7-9-11-13-15-17-18-19-20-21-23-25-27-29-31-33-35-36(37)34-32-30-28-26-24-22-16-14-12-10-8-6-4-2/h11,13,17-18,20-21,25,27H,3-10,12,14-16,19,22-24,26,28-35H2,1-2H3/b13-11+,18-17+,21-20+,27-25+. The summed E-state index contributed by atoms with van der Waals surface area (Å²) in [6.45, 7) is 4.54. The van der Waals surface area contributed by atoms with Crippen LogP contribution in [-0.4, -0.2) is 5.78 Å². The molecule has 37 heavy (non-hydrogen) atoms. The van der Waals surface area contributed by atoms with E-state index in [2.05, 4.69) is 62.5 Å². The topological polar surface area (TPSA) is 17.1 Å². The molecule has 0 bridgehead atoms. The van der Waals surface area contributed by atoms with Crippen molar-refractivity contribution in [3.05, 3.63) is 48.6 Å². The number of ketones is 1. The zero-order valence-corrected chi connectivity index (χ0v) is 25.2. The maximum atomic E-state index is 12.1. The van der Waals surface area contributed by atoms with Gasteiger partial charge in [0.15, 0.2) is 0 Å². The highest BCUT2D eigenvalue weighted by Crippen LogP contribution is 2.14. The van der Waals surface area contributed by atoms with E-state index in [-0.39, 0.29) is 0 Å². The summed E-state index contributed by atoms with van der Waals surface area (Å²) < 4.78 is 0. The molecule has 0 aliphatic rings. The van der Waals surface area contributed by atoms with Gasteiger partial charge in [0.25, 0.3) is 0 Å². The molecular formula is C36H64O. The molecule has 0 unspecified atom stereocenters. The summed E-state index contributed by atoms with van der Waals surface area (Å²) >= 11 is 0. The third-order valence-electron chi connectivity index (χ3n) is 7.09. The van der Waals surface area contributed by atoms with Gasteiger partial charge in [-0.25, -0.2) is 0 Å². The SMILES string of the molecule is CCCCC/C=C/C/C=C/C/C=C/C/C=C/CCCCC(=O)CCCCCCCCCCCCCCC. The largest absolute Gasteiger partial charge is 0.300 e. The molecule has 0 heterocycles. The fourth-order valence-corrected chi connectivity index (χ4v) is 4.61. The van der Waals surface area contributed by atoms with Gasteiger partial charge in [0, 0.05) is 12.8 Å². The minimum atomic E-state index is 0.482. The Balaban J connectivity index is 3.36. The lowest BCUT2D eigenvalue weighted by atomic mass is 10.0. The first-order valence-corrected chi connectivity index (χ1v) is 16.4. The Kier molecular flexibility index (Phi) is 31.4. The molecule has 0 aliphatic carbocycles. The molecule has 1 heteroatoms. The fourth-order valence-electron chi connectivity index (χ4n) is 4.61. The Morgan fingerprint density at radius 3 is 1.11 bits per heavy atom. The minimum absolute atomic E-state index is 0.482. The second-order valence-electron chi connectivity index (χ2n) is 10.9. The van der Waals surface area contributed by atoms with Gasteiger partial charge in [-0.2, -0.15) is 0 Å². The zero-order chi connectivity index (χ0) is 26.9. The molecule has 0 spiro atoms. The van der Waals surface area contributed by atoms with E-state index < -0.39 is 0 Å². The Labute approximate surface area is 233 Å². The lowest BCUT2D eigenvalue weighted by Gasteiger charge is -2.03. The smallest absolute Gasteiger partial charge is 0.132 e. The molecule has 0 fully saturated rings. The molecule has 0 N–H and O–H groups in total. The Hall–Kier alpha value is -1.37. The number of unbranched alkanes of at least 4 members (excludes halogenated alkanes) is 17. The van der Waals surface area contributed by atoms with Crippen LogP contribution in [0.3, 0.4) is 0 Å². The van der Waals surface area contributed by atoms with Crippen molar-refractivity contribution < 1.29 is 4.79 Å². The summed E-state index contributed by atoms with van der Waals surface area (Å²) in [6.07, 6.45) is 49.1. The highest BCUT2D eigenvalue weighted by molar-refractivity contribution is 5.78. The van der Waals surface area contributed by atoms with E-state index in [1.807, 2.05) is 0 Å². The summed E-state index contributed by atoms with van der Waals surface area (Å²) in [5.41, 5.74) is 0. The highest BCUT2D eigenvalue weighted by atomic mass is 16.1. The first-order valence-electron chi connectivity index (χ1n) is 16.4. The summed E-state index contributed by atoms with van der Waals surface area (Å²) in [6, 6.07) is 0. The number of carbonyl (C=O) groups is 1.